The summed E-state index contributed by atoms with van der Waals surface area (Å²) < 4.78 is 0. The van der Waals surface area contributed by atoms with Crippen LogP contribution in [0, 0.1) is 11.3 Å². The molecule has 0 saturated heterocycles. The minimum Gasteiger partial charge on any atom is -0.0992 e. The predicted molar refractivity (Wildman–Crippen MR) is 126 cm³/mol. The van der Waals surface area contributed by atoms with E-state index in [1.165, 1.54) is 54.3 Å². The molecule has 3 atom stereocenters. The van der Waals surface area contributed by atoms with Crippen molar-refractivity contribution in [2.75, 3.05) is 0 Å². The lowest BCUT2D eigenvalue weighted by Crippen LogP contribution is -2.32. The number of allylic oxidation sites excluding steroid dienone is 3. The van der Waals surface area contributed by atoms with Crippen molar-refractivity contribution in [1.82, 2.24) is 0 Å². The van der Waals surface area contributed by atoms with Gasteiger partial charge in [-0.3, -0.25) is 0 Å². The van der Waals surface area contributed by atoms with Gasteiger partial charge in [-0.2, -0.15) is 0 Å². The highest BCUT2D eigenvalue weighted by atomic mass is 14.5. The molecule has 2 saturated carbocycles. The highest BCUT2D eigenvalue weighted by Gasteiger charge is 2.44. The van der Waals surface area contributed by atoms with Gasteiger partial charge in [-0.25, -0.2) is 0 Å². The van der Waals surface area contributed by atoms with Crippen LogP contribution < -0.4 is 10.4 Å². The zero-order chi connectivity index (χ0) is 19.9. The molecular formula is C29H26. The summed E-state index contributed by atoms with van der Waals surface area (Å²) in [6.07, 6.45) is 11.9. The van der Waals surface area contributed by atoms with Gasteiger partial charge in [-0.15, -0.1) is 0 Å². The van der Waals surface area contributed by atoms with Crippen LogP contribution in [0.1, 0.15) is 43.7 Å². The number of rotatable bonds is 0. The first-order valence-electron chi connectivity index (χ1n) is 10.9. The Morgan fingerprint density at radius 2 is 1.72 bits per heavy atom. The maximum atomic E-state index is 4.40. The lowest BCUT2D eigenvalue weighted by molar-refractivity contribution is 0.463. The molecule has 0 aliphatic heterocycles. The Morgan fingerprint density at radius 3 is 2.48 bits per heavy atom. The monoisotopic (exact) mass is 374 g/mol. The van der Waals surface area contributed by atoms with Crippen LogP contribution in [0.5, 0.6) is 0 Å². The number of fused-ring (bicyclic) bond motifs is 4. The van der Waals surface area contributed by atoms with Crippen molar-refractivity contribution < 1.29 is 0 Å². The first-order chi connectivity index (χ1) is 14.2. The number of hydrogen-bond acceptors (Lipinski definition) is 0. The summed E-state index contributed by atoms with van der Waals surface area (Å²) in [6, 6.07) is 13.7. The molecule has 3 aromatic rings. The SMILES string of the molecule is C=C1CC2C=c3cccc4c5c6c(cccc6c(c34)C12)C=CC1(C=5)CC1=C.CC. The molecule has 1 spiro atoms. The molecule has 0 amide bonds. The van der Waals surface area contributed by atoms with Crippen molar-refractivity contribution in [3.8, 4) is 0 Å². The van der Waals surface area contributed by atoms with Crippen LogP contribution in [0.4, 0.5) is 0 Å². The average Bonchev–Trinajstić information content (AvgIpc) is 3.42. The first kappa shape index (κ1) is 17.0. The summed E-state index contributed by atoms with van der Waals surface area (Å²) in [5, 5.41) is 8.52. The van der Waals surface area contributed by atoms with Crippen molar-refractivity contribution >= 4 is 39.8 Å². The average molecular weight is 375 g/mol. The first-order valence-corrected chi connectivity index (χ1v) is 10.9. The summed E-state index contributed by atoms with van der Waals surface area (Å²) in [5.41, 5.74) is 5.66. The summed E-state index contributed by atoms with van der Waals surface area (Å²) in [7, 11) is 0. The van der Waals surface area contributed by atoms with E-state index < -0.39 is 0 Å². The van der Waals surface area contributed by atoms with Crippen LogP contribution in [0.25, 0.3) is 39.8 Å². The second-order valence-electron chi connectivity index (χ2n) is 8.84. The lowest BCUT2D eigenvalue weighted by atomic mass is 9.62. The van der Waals surface area contributed by atoms with Crippen LogP contribution in [-0.4, -0.2) is 0 Å². The molecule has 0 N–H and O–H groups in total. The van der Waals surface area contributed by atoms with Gasteiger partial charge in [0.15, 0.2) is 0 Å². The summed E-state index contributed by atoms with van der Waals surface area (Å²) in [5.74, 6) is 1.11. The standard InChI is InChI=1S/C27H20.C2H6/c1-15-11-19-12-18-6-4-7-20-22-14-27(13-16(27)2)10-9-17-5-3-8-21(24(17)22)26(23(15)19)25(18)20;1-2/h3-10,12,14,19,23H,1-2,11,13H2;1-2H3. The van der Waals surface area contributed by atoms with Gasteiger partial charge in [-0.1, -0.05) is 98.9 Å². The topological polar surface area (TPSA) is 0 Å². The number of benzene rings is 3. The van der Waals surface area contributed by atoms with Crippen molar-refractivity contribution in [1.29, 1.82) is 0 Å². The predicted octanol–water partition coefficient (Wildman–Crippen LogP) is 6.23. The molecule has 2 fully saturated rings. The van der Waals surface area contributed by atoms with Gasteiger partial charge in [0.2, 0.25) is 0 Å². The third kappa shape index (κ3) is 2.04. The third-order valence-corrected chi connectivity index (χ3v) is 7.38. The minimum atomic E-state index is 0.0623. The van der Waals surface area contributed by atoms with Gasteiger partial charge < -0.3 is 0 Å². The van der Waals surface area contributed by atoms with Gasteiger partial charge in [0.05, 0.1) is 0 Å². The van der Waals surface area contributed by atoms with E-state index in [0.717, 1.165) is 12.8 Å². The number of hydrogen-bond donors (Lipinski definition) is 0. The summed E-state index contributed by atoms with van der Waals surface area (Å²) >= 11 is 0. The Labute approximate surface area is 172 Å². The second kappa shape index (κ2) is 5.60. The molecule has 4 aliphatic carbocycles. The van der Waals surface area contributed by atoms with E-state index in [1.54, 1.807) is 0 Å². The summed E-state index contributed by atoms with van der Waals surface area (Å²) in [6.45, 7) is 12.7. The van der Waals surface area contributed by atoms with Crippen molar-refractivity contribution in [3.05, 3.63) is 88.3 Å². The van der Waals surface area contributed by atoms with E-state index in [4.69, 9.17) is 0 Å². The Kier molecular flexibility index (Phi) is 3.29. The molecule has 3 unspecified atom stereocenters. The maximum Gasteiger partial charge on any atom is 0.0319 e. The van der Waals surface area contributed by atoms with Crippen molar-refractivity contribution in [2.45, 2.75) is 32.6 Å². The molecule has 142 valence electrons. The second-order valence-corrected chi connectivity index (χ2v) is 8.84. The van der Waals surface area contributed by atoms with Gasteiger partial charge in [0.25, 0.3) is 0 Å². The highest BCUT2D eigenvalue weighted by molar-refractivity contribution is 6.09. The Morgan fingerprint density at radius 1 is 0.966 bits per heavy atom. The van der Waals surface area contributed by atoms with Crippen LogP contribution in [0.3, 0.4) is 0 Å². The van der Waals surface area contributed by atoms with E-state index in [0.29, 0.717) is 11.8 Å². The molecule has 0 nitrogen and oxygen atoms in total. The van der Waals surface area contributed by atoms with Crippen LogP contribution >= 0.6 is 0 Å². The minimum absolute atomic E-state index is 0.0623. The van der Waals surface area contributed by atoms with Crippen LogP contribution in [0.15, 0.2) is 66.8 Å². The van der Waals surface area contributed by atoms with Gasteiger partial charge in [0.1, 0.15) is 0 Å². The molecule has 0 heteroatoms. The zero-order valence-corrected chi connectivity index (χ0v) is 17.3. The fourth-order valence-electron chi connectivity index (χ4n) is 5.89. The molecule has 0 heterocycles. The van der Waals surface area contributed by atoms with Gasteiger partial charge in [-0.05, 0) is 61.9 Å². The fraction of sp³-hybridized carbons (Fsp3) is 0.241. The molecule has 29 heavy (non-hydrogen) atoms. The van der Waals surface area contributed by atoms with E-state index >= 15 is 0 Å². The summed E-state index contributed by atoms with van der Waals surface area (Å²) in [4.78, 5) is 0. The van der Waals surface area contributed by atoms with E-state index in [1.807, 2.05) is 13.8 Å². The molecule has 3 aromatic carbocycles. The van der Waals surface area contributed by atoms with Crippen molar-refractivity contribution in [3.63, 3.8) is 0 Å². The van der Waals surface area contributed by atoms with E-state index in [9.17, 15) is 0 Å². The van der Waals surface area contributed by atoms with Gasteiger partial charge in [0, 0.05) is 11.3 Å². The Balaban J connectivity index is 0.000000803. The van der Waals surface area contributed by atoms with Crippen LogP contribution in [0.2, 0.25) is 0 Å². The lowest BCUT2D eigenvalue weighted by Gasteiger charge is -2.41. The zero-order valence-electron chi connectivity index (χ0n) is 17.3. The molecule has 4 aliphatic rings. The Bertz CT molecular complexity index is 1410. The quantitative estimate of drug-likeness (QED) is 0.323. The molecule has 0 bridgehead atoms. The van der Waals surface area contributed by atoms with Crippen LogP contribution in [-0.2, 0) is 0 Å². The highest BCUT2D eigenvalue weighted by Crippen LogP contribution is 2.56. The molecule has 0 radical (unpaired) electrons. The normalized spacial score (nSPS) is 27.4. The Hall–Kier alpha value is -2.86. The fourth-order valence-corrected chi connectivity index (χ4v) is 5.89. The maximum absolute atomic E-state index is 4.40. The van der Waals surface area contributed by atoms with Crippen molar-refractivity contribution in [2.24, 2.45) is 11.3 Å². The van der Waals surface area contributed by atoms with E-state index in [-0.39, 0.29) is 5.41 Å². The molecular weight excluding hydrogens is 348 g/mol. The molecule has 0 aromatic heterocycles. The smallest absolute Gasteiger partial charge is 0.0319 e. The van der Waals surface area contributed by atoms with E-state index in [2.05, 4.69) is 73.9 Å². The third-order valence-electron chi connectivity index (χ3n) is 7.38. The molecule has 7 rings (SSSR count). The van der Waals surface area contributed by atoms with Gasteiger partial charge >= 0.3 is 0 Å². The largest absolute Gasteiger partial charge is 0.0992 e.